The lowest BCUT2D eigenvalue weighted by Gasteiger charge is -2.34. The van der Waals surface area contributed by atoms with E-state index in [9.17, 15) is 9.59 Å². The van der Waals surface area contributed by atoms with Gasteiger partial charge in [-0.05, 0) is 68.4 Å². The Morgan fingerprint density at radius 3 is 2.30 bits per heavy atom. The zero-order valence-corrected chi connectivity index (χ0v) is 19.6. The van der Waals surface area contributed by atoms with E-state index in [0.717, 1.165) is 57.5 Å². The first kappa shape index (κ1) is 23.0. The first-order valence-corrected chi connectivity index (χ1v) is 11.9. The Kier molecular flexibility index (Phi) is 7.37. The Morgan fingerprint density at radius 1 is 0.909 bits per heavy atom. The van der Waals surface area contributed by atoms with Gasteiger partial charge in [-0.3, -0.25) is 4.79 Å². The normalized spacial score (nSPS) is 16.9. The van der Waals surface area contributed by atoms with Crippen molar-refractivity contribution >= 4 is 29.0 Å². The number of hydrogen-bond acceptors (Lipinski definition) is 4. The fourth-order valence-corrected chi connectivity index (χ4v) is 4.57. The number of ether oxygens (including phenoxy) is 1. The van der Waals surface area contributed by atoms with E-state index in [4.69, 9.17) is 4.74 Å². The van der Waals surface area contributed by atoms with Crippen molar-refractivity contribution in [3.63, 3.8) is 0 Å². The highest BCUT2D eigenvalue weighted by molar-refractivity contribution is 6.04. The number of likely N-dealkylation sites (tertiary alicyclic amines) is 1. The average molecular weight is 451 g/mol. The van der Waals surface area contributed by atoms with Crippen LogP contribution in [0.25, 0.3) is 0 Å². The van der Waals surface area contributed by atoms with E-state index in [1.807, 2.05) is 35.2 Å². The van der Waals surface area contributed by atoms with Crippen LogP contribution >= 0.6 is 0 Å². The van der Waals surface area contributed by atoms with E-state index in [1.54, 1.807) is 19.2 Å². The van der Waals surface area contributed by atoms with E-state index >= 15 is 0 Å². The predicted octanol–water partition coefficient (Wildman–Crippen LogP) is 5.20. The van der Waals surface area contributed by atoms with Crippen molar-refractivity contribution in [3.8, 4) is 5.75 Å². The average Bonchev–Trinajstić information content (AvgIpc) is 2.84. The first-order valence-electron chi connectivity index (χ1n) is 11.9. The van der Waals surface area contributed by atoms with Gasteiger partial charge in [0, 0.05) is 49.3 Å². The minimum Gasteiger partial charge on any atom is -0.497 e. The highest BCUT2D eigenvalue weighted by Crippen LogP contribution is 2.30. The van der Waals surface area contributed by atoms with Crippen LogP contribution in [0.15, 0.2) is 42.5 Å². The number of nitrogens with one attached hydrogen (secondary N) is 2. The van der Waals surface area contributed by atoms with Gasteiger partial charge >= 0.3 is 6.03 Å². The van der Waals surface area contributed by atoms with E-state index in [2.05, 4.69) is 22.5 Å². The lowest BCUT2D eigenvalue weighted by molar-refractivity contribution is 0.0697. The van der Waals surface area contributed by atoms with Crippen LogP contribution in [0.3, 0.4) is 0 Å². The second kappa shape index (κ2) is 10.6. The van der Waals surface area contributed by atoms with Crippen molar-refractivity contribution in [2.75, 3.05) is 48.8 Å². The maximum atomic E-state index is 13.5. The molecule has 0 atom stereocenters. The molecule has 0 bridgehead atoms. The molecule has 4 rings (SSSR count). The summed E-state index contributed by atoms with van der Waals surface area (Å²) < 4.78 is 5.21. The standard InChI is InChI=1S/C26H34N4O3/c1-19-11-15-30(16-12-19)25(31)23-18-21(9-10-24(23)29-13-4-3-5-14-29)28-26(32)27-20-7-6-8-22(17-20)33-2/h6-10,17-19H,3-5,11-16H2,1-2H3,(H2,27,28,32). The smallest absolute Gasteiger partial charge is 0.323 e. The summed E-state index contributed by atoms with van der Waals surface area (Å²) in [5, 5.41) is 5.71. The zero-order valence-electron chi connectivity index (χ0n) is 19.6. The Morgan fingerprint density at radius 2 is 1.61 bits per heavy atom. The van der Waals surface area contributed by atoms with Crippen LogP contribution in [0.2, 0.25) is 0 Å². The molecule has 176 valence electrons. The first-order chi connectivity index (χ1) is 16.0. The van der Waals surface area contributed by atoms with Gasteiger partial charge in [0.2, 0.25) is 0 Å². The van der Waals surface area contributed by atoms with Crippen molar-refractivity contribution < 1.29 is 14.3 Å². The number of urea groups is 1. The van der Waals surface area contributed by atoms with E-state index in [0.29, 0.717) is 28.6 Å². The van der Waals surface area contributed by atoms with Gasteiger partial charge in [0.15, 0.2) is 0 Å². The molecule has 7 nitrogen and oxygen atoms in total. The molecule has 2 N–H and O–H groups in total. The number of anilines is 3. The molecule has 0 unspecified atom stereocenters. The highest BCUT2D eigenvalue weighted by atomic mass is 16.5. The van der Waals surface area contributed by atoms with Crippen molar-refractivity contribution in [1.29, 1.82) is 0 Å². The Hall–Kier alpha value is -3.22. The van der Waals surface area contributed by atoms with E-state index in [-0.39, 0.29) is 11.9 Å². The minimum absolute atomic E-state index is 0.0549. The van der Waals surface area contributed by atoms with Crippen LogP contribution in [-0.4, -0.2) is 50.1 Å². The van der Waals surface area contributed by atoms with Gasteiger partial charge in [-0.2, -0.15) is 0 Å². The number of nitrogens with zero attached hydrogens (tertiary/aromatic N) is 2. The van der Waals surface area contributed by atoms with E-state index < -0.39 is 0 Å². The predicted molar refractivity (Wildman–Crippen MR) is 132 cm³/mol. The SMILES string of the molecule is COc1cccc(NC(=O)Nc2ccc(N3CCCCC3)c(C(=O)N3CCC(C)CC3)c2)c1. The zero-order chi connectivity index (χ0) is 23.2. The fraction of sp³-hybridized carbons (Fsp3) is 0.462. The number of rotatable bonds is 5. The third-order valence-electron chi connectivity index (χ3n) is 6.58. The Bertz CT molecular complexity index is 979. The maximum Gasteiger partial charge on any atom is 0.323 e. The third-order valence-corrected chi connectivity index (χ3v) is 6.58. The van der Waals surface area contributed by atoms with Gasteiger partial charge in [0.1, 0.15) is 5.75 Å². The van der Waals surface area contributed by atoms with Gasteiger partial charge < -0.3 is 25.2 Å². The number of piperidine rings is 2. The molecule has 0 aromatic heterocycles. The van der Waals surface area contributed by atoms with Gasteiger partial charge in [-0.25, -0.2) is 4.79 Å². The van der Waals surface area contributed by atoms with E-state index in [1.165, 1.54) is 6.42 Å². The molecule has 2 aliphatic rings. The number of amides is 3. The number of hydrogen-bond donors (Lipinski definition) is 2. The molecule has 33 heavy (non-hydrogen) atoms. The summed E-state index contributed by atoms with van der Waals surface area (Å²) >= 11 is 0. The molecule has 0 saturated carbocycles. The summed E-state index contributed by atoms with van der Waals surface area (Å²) in [6, 6.07) is 12.5. The molecule has 2 fully saturated rings. The van der Waals surface area contributed by atoms with Gasteiger partial charge in [0.05, 0.1) is 12.7 Å². The molecule has 2 saturated heterocycles. The Labute approximate surface area is 196 Å². The lowest BCUT2D eigenvalue weighted by atomic mass is 9.98. The summed E-state index contributed by atoms with van der Waals surface area (Å²) in [5.41, 5.74) is 2.88. The van der Waals surface area contributed by atoms with Crippen LogP contribution in [-0.2, 0) is 0 Å². The van der Waals surface area contributed by atoms with Gasteiger partial charge in [-0.15, -0.1) is 0 Å². The van der Waals surface area contributed by atoms with Crippen LogP contribution < -0.4 is 20.3 Å². The number of methoxy groups -OCH3 is 1. The van der Waals surface area contributed by atoms with Crippen LogP contribution in [0, 0.1) is 5.92 Å². The molecule has 0 spiro atoms. The highest BCUT2D eigenvalue weighted by Gasteiger charge is 2.26. The summed E-state index contributed by atoms with van der Waals surface area (Å²) in [4.78, 5) is 30.4. The number of carbonyl (C=O) groups is 2. The quantitative estimate of drug-likeness (QED) is 0.657. The number of benzene rings is 2. The molecule has 0 radical (unpaired) electrons. The van der Waals surface area contributed by atoms with Crippen LogP contribution in [0.1, 0.15) is 49.4 Å². The second-order valence-electron chi connectivity index (χ2n) is 9.07. The summed E-state index contributed by atoms with van der Waals surface area (Å²) in [6.07, 6.45) is 5.57. The van der Waals surface area contributed by atoms with Crippen molar-refractivity contribution in [1.82, 2.24) is 4.90 Å². The topological polar surface area (TPSA) is 73.9 Å². The largest absolute Gasteiger partial charge is 0.497 e. The lowest BCUT2D eigenvalue weighted by Crippen LogP contribution is -2.39. The maximum absolute atomic E-state index is 13.5. The molecule has 0 aliphatic carbocycles. The van der Waals surface area contributed by atoms with Gasteiger partial charge in [-0.1, -0.05) is 13.0 Å². The molecule has 2 aliphatic heterocycles. The molecule has 2 heterocycles. The van der Waals surface area contributed by atoms with Crippen LogP contribution in [0.4, 0.5) is 21.9 Å². The summed E-state index contributed by atoms with van der Waals surface area (Å²) in [7, 11) is 1.59. The Balaban J connectivity index is 1.54. The molecule has 3 amide bonds. The van der Waals surface area contributed by atoms with Crippen LogP contribution in [0.5, 0.6) is 5.75 Å². The monoisotopic (exact) mass is 450 g/mol. The molecular formula is C26H34N4O3. The molecule has 2 aromatic carbocycles. The van der Waals surface area contributed by atoms with Crippen molar-refractivity contribution in [2.45, 2.75) is 39.0 Å². The van der Waals surface area contributed by atoms with Crippen molar-refractivity contribution in [3.05, 3.63) is 48.0 Å². The van der Waals surface area contributed by atoms with Crippen molar-refractivity contribution in [2.24, 2.45) is 5.92 Å². The molecule has 2 aromatic rings. The minimum atomic E-state index is -0.362. The second-order valence-corrected chi connectivity index (χ2v) is 9.07. The molecule has 7 heteroatoms. The fourth-order valence-electron chi connectivity index (χ4n) is 4.57. The number of carbonyl (C=O) groups excluding carboxylic acids is 2. The summed E-state index contributed by atoms with van der Waals surface area (Å²) in [6.45, 7) is 5.73. The summed E-state index contributed by atoms with van der Waals surface area (Å²) in [5.74, 6) is 1.38. The third kappa shape index (κ3) is 5.78. The molecular weight excluding hydrogens is 416 g/mol. The van der Waals surface area contributed by atoms with Gasteiger partial charge in [0.25, 0.3) is 5.91 Å².